The normalized spacial score (nSPS) is 9.35. The number of nitrogens with zero attached hydrogens (tertiary/aromatic N) is 4. The number of unbranched alkanes of at least 4 members (excludes halogenated alkanes) is 1. The summed E-state index contributed by atoms with van der Waals surface area (Å²) < 4.78 is 0. The molecule has 0 saturated carbocycles. The Bertz CT molecular complexity index is 392. The predicted octanol–water partition coefficient (Wildman–Crippen LogP) is -3.84. The Morgan fingerprint density at radius 3 is 2.65 bits per heavy atom. The summed E-state index contributed by atoms with van der Waals surface area (Å²) >= 11 is 4.92. The van der Waals surface area contributed by atoms with Crippen molar-refractivity contribution >= 4 is 47.1 Å². The van der Waals surface area contributed by atoms with Crippen LogP contribution in [0, 0.1) is 0 Å². The monoisotopic (exact) mass is 439 g/mol. The van der Waals surface area contributed by atoms with Crippen molar-refractivity contribution in [2.24, 2.45) is 10.8 Å². The molecule has 0 amide bonds. The van der Waals surface area contributed by atoms with Crippen LogP contribution in [0.3, 0.4) is 0 Å². The molecule has 1 aromatic heterocycles. The first-order valence-electron chi connectivity index (χ1n) is 5.41. The second kappa shape index (κ2) is 15.1. The fraction of sp³-hybridized carbons (Fsp3) is 0.364. The SMILES string of the molecule is CCCC[N-]C(=S)[N-]/N=C(\N)c1ccccn1.[Cl-].[Cl-].[Sn+4]. The van der Waals surface area contributed by atoms with Crippen molar-refractivity contribution in [2.75, 3.05) is 6.54 Å². The molecule has 108 valence electrons. The van der Waals surface area contributed by atoms with Gasteiger partial charge in [0.25, 0.3) is 0 Å². The van der Waals surface area contributed by atoms with Gasteiger partial charge in [0.2, 0.25) is 0 Å². The molecule has 0 saturated heterocycles. The van der Waals surface area contributed by atoms with Crippen molar-refractivity contribution < 1.29 is 24.8 Å². The maximum Gasteiger partial charge on any atom is 4.00 e. The van der Waals surface area contributed by atoms with Crippen LogP contribution in [-0.4, -0.2) is 46.4 Å². The van der Waals surface area contributed by atoms with E-state index in [2.05, 4.69) is 27.8 Å². The minimum atomic E-state index is 0. The summed E-state index contributed by atoms with van der Waals surface area (Å²) in [4.78, 5) is 4.04. The molecule has 0 radical (unpaired) electrons. The number of amidine groups is 1. The third kappa shape index (κ3) is 10.5. The first-order chi connectivity index (χ1) is 8.24. The van der Waals surface area contributed by atoms with Gasteiger partial charge in [-0.05, 0) is 12.1 Å². The van der Waals surface area contributed by atoms with E-state index in [9.17, 15) is 0 Å². The van der Waals surface area contributed by atoms with Crippen molar-refractivity contribution in [3.05, 3.63) is 40.8 Å². The smallest absolute Gasteiger partial charge is 1.00 e. The van der Waals surface area contributed by atoms with Crippen LogP contribution < -0.4 is 30.5 Å². The summed E-state index contributed by atoms with van der Waals surface area (Å²) in [7, 11) is 0. The van der Waals surface area contributed by atoms with E-state index < -0.39 is 0 Å². The Labute approximate surface area is 154 Å². The molecule has 1 aromatic rings. The van der Waals surface area contributed by atoms with Crippen LogP contribution in [0.15, 0.2) is 29.5 Å². The van der Waals surface area contributed by atoms with Gasteiger partial charge in [0.05, 0.1) is 0 Å². The molecule has 0 spiro atoms. The van der Waals surface area contributed by atoms with E-state index >= 15 is 0 Å². The molecule has 0 aliphatic heterocycles. The number of hydrogen-bond donors (Lipinski definition) is 1. The molecular formula is C11H15Cl2N5SSn. The number of rotatable bonds is 5. The summed E-state index contributed by atoms with van der Waals surface area (Å²) in [5.41, 5.74) is 10.0. The third-order valence-electron chi connectivity index (χ3n) is 1.93. The second-order valence-corrected chi connectivity index (χ2v) is 3.68. The van der Waals surface area contributed by atoms with Gasteiger partial charge in [0, 0.05) is 6.20 Å². The van der Waals surface area contributed by atoms with E-state index in [1.54, 1.807) is 18.3 Å². The first-order valence-corrected chi connectivity index (χ1v) is 5.82. The average Bonchev–Trinajstić information content (AvgIpc) is 2.37. The Balaban J connectivity index is -0.000000963. The van der Waals surface area contributed by atoms with Gasteiger partial charge in [-0.15, -0.1) is 18.8 Å². The number of aromatic nitrogens is 1. The van der Waals surface area contributed by atoms with E-state index in [1.165, 1.54) is 0 Å². The van der Waals surface area contributed by atoms with Crippen LogP contribution in [-0.2, 0) is 0 Å². The topological polar surface area (TPSA) is 79.5 Å². The Kier molecular flexibility index (Phi) is 18.6. The third-order valence-corrected chi connectivity index (χ3v) is 2.14. The molecule has 1 rings (SSSR count). The first kappa shape index (κ1) is 24.7. The molecule has 0 fully saturated rings. The molecule has 0 aliphatic carbocycles. The van der Waals surface area contributed by atoms with Crippen molar-refractivity contribution in [3.8, 4) is 0 Å². The standard InChI is InChI=1S/C11H16N5S.2ClH.Sn/c1-2-3-7-14-11(17)16-15-10(12)9-6-4-5-8-13-9;;;/h4-6,8H,2-3,7H2,1H3,(H3-,12,13,14,15,16,17);2*1H;/q-1;;;+4/p-3. The zero-order valence-electron chi connectivity index (χ0n) is 11.0. The van der Waals surface area contributed by atoms with E-state index in [1.807, 2.05) is 6.07 Å². The van der Waals surface area contributed by atoms with Crippen LogP contribution in [0.4, 0.5) is 0 Å². The van der Waals surface area contributed by atoms with Gasteiger partial charge < -0.3 is 46.4 Å². The fourth-order valence-corrected chi connectivity index (χ4v) is 1.16. The molecule has 0 aliphatic rings. The summed E-state index contributed by atoms with van der Waals surface area (Å²) in [6, 6.07) is 5.39. The molecule has 9 heteroatoms. The molecular weight excluding hydrogens is 424 g/mol. The number of thiocarbonyl (C=S) groups is 1. The van der Waals surface area contributed by atoms with Crippen LogP contribution in [0.5, 0.6) is 0 Å². The molecule has 0 atom stereocenters. The Hall–Kier alpha value is -0.311. The van der Waals surface area contributed by atoms with Gasteiger partial charge in [-0.3, -0.25) is 4.98 Å². The summed E-state index contributed by atoms with van der Waals surface area (Å²) in [6.07, 6.45) is 3.71. The van der Waals surface area contributed by atoms with Crippen molar-refractivity contribution in [2.45, 2.75) is 19.8 Å². The zero-order valence-corrected chi connectivity index (χ0v) is 16.1. The summed E-state index contributed by atoms with van der Waals surface area (Å²) in [6.45, 7) is 2.77. The predicted molar refractivity (Wildman–Crippen MR) is 79.8 cm³/mol. The molecule has 5 nitrogen and oxygen atoms in total. The molecule has 0 aromatic carbocycles. The van der Waals surface area contributed by atoms with Crippen LogP contribution in [0.1, 0.15) is 25.5 Å². The minimum Gasteiger partial charge on any atom is -1.00 e. The summed E-state index contributed by atoms with van der Waals surface area (Å²) in [5, 5.41) is 8.08. The van der Waals surface area contributed by atoms with E-state index in [4.69, 9.17) is 18.0 Å². The second-order valence-electron chi connectivity index (χ2n) is 3.32. The van der Waals surface area contributed by atoms with Gasteiger partial charge in [0.15, 0.2) is 0 Å². The molecule has 0 bridgehead atoms. The number of halogens is 2. The van der Waals surface area contributed by atoms with Crippen molar-refractivity contribution in [1.82, 2.24) is 4.98 Å². The fourth-order valence-electron chi connectivity index (χ4n) is 1.03. The molecule has 20 heavy (non-hydrogen) atoms. The van der Waals surface area contributed by atoms with Gasteiger partial charge in [-0.2, -0.15) is 5.11 Å². The molecule has 0 unspecified atom stereocenters. The Morgan fingerprint density at radius 2 is 2.10 bits per heavy atom. The van der Waals surface area contributed by atoms with E-state index in [0.29, 0.717) is 12.2 Å². The van der Waals surface area contributed by atoms with E-state index in [-0.39, 0.29) is 59.7 Å². The van der Waals surface area contributed by atoms with Crippen LogP contribution in [0.25, 0.3) is 10.7 Å². The van der Waals surface area contributed by atoms with Gasteiger partial charge in [-0.25, -0.2) is 0 Å². The minimum absolute atomic E-state index is 0. The molecule has 2 N–H and O–H groups in total. The quantitative estimate of drug-likeness (QED) is 0.128. The van der Waals surface area contributed by atoms with Crippen LogP contribution >= 0.6 is 12.2 Å². The van der Waals surface area contributed by atoms with Crippen molar-refractivity contribution in [3.63, 3.8) is 0 Å². The maximum atomic E-state index is 5.69. The Morgan fingerprint density at radius 1 is 1.40 bits per heavy atom. The van der Waals surface area contributed by atoms with Gasteiger partial charge >= 0.3 is 23.9 Å². The van der Waals surface area contributed by atoms with Gasteiger partial charge in [-0.1, -0.05) is 25.8 Å². The maximum absolute atomic E-state index is 5.69. The average molecular weight is 439 g/mol. The van der Waals surface area contributed by atoms with Crippen molar-refractivity contribution in [1.29, 1.82) is 0 Å². The van der Waals surface area contributed by atoms with Crippen LogP contribution in [0.2, 0.25) is 0 Å². The van der Waals surface area contributed by atoms with E-state index in [0.717, 1.165) is 12.8 Å². The molecule has 1 heterocycles. The zero-order chi connectivity index (χ0) is 12.5. The number of hydrogen-bond acceptors (Lipinski definition) is 3. The largest absolute Gasteiger partial charge is 4.00 e. The van der Waals surface area contributed by atoms with Gasteiger partial charge in [0.1, 0.15) is 11.5 Å². The number of pyridine rings is 1. The summed E-state index contributed by atoms with van der Waals surface area (Å²) in [5.74, 6) is 0.235. The number of nitrogens with two attached hydrogens (primary N) is 1.